The van der Waals surface area contributed by atoms with E-state index in [4.69, 9.17) is 4.42 Å². The molecule has 3 heterocycles. The Hall–Kier alpha value is -3.03. The normalized spacial score (nSPS) is 17.2. The first kappa shape index (κ1) is 15.5. The molecule has 1 amide bonds. The van der Waals surface area contributed by atoms with E-state index in [9.17, 15) is 4.79 Å². The second kappa shape index (κ2) is 6.12. The lowest BCUT2D eigenvalue weighted by Crippen LogP contribution is -2.31. The molecule has 1 aliphatic rings. The first-order chi connectivity index (χ1) is 12.1. The molecule has 2 aromatic heterocycles. The van der Waals surface area contributed by atoms with Crippen LogP contribution >= 0.6 is 0 Å². The number of hydrogen-bond donors (Lipinski definition) is 0. The number of amides is 1. The molecule has 0 saturated carbocycles. The molecule has 0 spiro atoms. The second-order valence-corrected chi connectivity index (χ2v) is 6.16. The molecule has 0 N–H and O–H groups in total. The van der Waals surface area contributed by atoms with E-state index in [0.717, 1.165) is 24.1 Å². The molecule has 128 valence electrons. The summed E-state index contributed by atoms with van der Waals surface area (Å²) in [5, 5.41) is 12.1. The zero-order chi connectivity index (χ0) is 17.4. The highest BCUT2D eigenvalue weighted by atomic mass is 16.4. The number of hydrogen-bond acceptors (Lipinski definition) is 6. The van der Waals surface area contributed by atoms with Crippen LogP contribution in [0.15, 0.2) is 35.3 Å². The van der Waals surface area contributed by atoms with Gasteiger partial charge in [0.15, 0.2) is 0 Å². The van der Waals surface area contributed by atoms with Crippen molar-refractivity contribution in [2.75, 3.05) is 6.54 Å². The molecule has 25 heavy (non-hydrogen) atoms. The zero-order valence-electron chi connectivity index (χ0n) is 14.1. The van der Waals surface area contributed by atoms with Crippen molar-refractivity contribution in [3.05, 3.63) is 53.8 Å². The molecule has 0 unspecified atom stereocenters. The van der Waals surface area contributed by atoms with Gasteiger partial charge in [-0.05, 0) is 43.5 Å². The zero-order valence-corrected chi connectivity index (χ0v) is 14.1. The largest absolute Gasteiger partial charge is 0.423 e. The Morgan fingerprint density at radius 1 is 1.28 bits per heavy atom. The maximum absolute atomic E-state index is 13.1. The van der Waals surface area contributed by atoms with E-state index in [0.29, 0.717) is 23.9 Å². The van der Waals surface area contributed by atoms with Crippen LogP contribution in [0.2, 0.25) is 0 Å². The molecule has 0 radical (unpaired) electrons. The van der Waals surface area contributed by atoms with Crippen molar-refractivity contribution in [1.82, 2.24) is 29.9 Å². The fraction of sp³-hybridized carbons (Fsp3) is 0.353. The van der Waals surface area contributed by atoms with E-state index in [-0.39, 0.29) is 11.9 Å². The van der Waals surface area contributed by atoms with Gasteiger partial charge in [0.1, 0.15) is 18.7 Å². The van der Waals surface area contributed by atoms with E-state index in [1.54, 1.807) is 17.9 Å². The third-order valence-corrected chi connectivity index (χ3v) is 4.46. The van der Waals surface area contributed by atoms with Crippen LogP contribution < -0.4 is 0 Å². The van der Waals surface area contributed by atoms with E-state index in [1.807, 2.05) is 30.0 Å². The highest BCUT2D eigenvalue weighted by Crippen LogP contribution is 2.33. The van der Waals surface area contributed by atoms with Gasteiger partial charge in [0.05, 0.1) is 5.69 Å². The maximum atomic E-state index is 13.1. The summed E-state index contributed by atoms with van der Waals surface area (Å²) >= 11 is 0. The van der Waals surface area contributed by atoms with Crippen LogP contribution in [-0.4, -0.2) is 42.3 Å². The first-order valence-corrected chi connectivity index (χ1v) is 8.20. The van der Waals surface area contributed by atoms with E-state index in [2.05, 4.69) is 20.3 Å². The SMILES string of the molecule is Cc1nnc([C@H]2CCCN2C(=O)c2ccc(-n3cncn3)cc2C)o1. The molecule has 4 rings (SSSR count). The van der Waals surface area contributed by atoms with E-state index >= 15 is 0 Å². The number of aromatic nitrogens is 5. The van der Waals surface area contributed by atoms with E-state index < -0.39 is 0 Å². The molecular weight excluding hydrogens is 320 g/mol. The Balaban J connectivity index is 1.62. The van der Waals surface area contributed by atoms with Crippen LogP contribution in [0.1, 0.15) is 46.6 Å². The quantitative estimate of drug-likeness (QED) is 0.727. The number of rotatable bonds is 3. The molecule has 1 fully saturated rings. The van der Waals surface area contributed by atoms with Crippen molar-refractivity contribution < 1.29 is 9.21 Å². The summed E-state index contributed by atoms with van der Waals surface area (Å²) in [5.74, 6) is 1.02. The minimum Gasteiger partial charge on any atom is -0.423 e. The summed E-state index contributed by atoms with van der Waals surface area (Å²) < 4.78 is 7.22. The van der Waals surface area contributed by atoms with Gasteiger partial charge in [-0.25, -0.2) is 9.67 Å². The smallest absolute Gasteiger partial charge is 0.254 e. The predicted molar refractivity (Wildman–Crippen MR) is 88.1 cm³/mol. The number of aryl methyl sites for hydroxylation is 2. The Morgan fingerprint density at radius 2 is 2.16 bits per heavy atom. The molecule has 1 atom stereocenters. The average Bonchev–Trinajstić information content (AvgIpc) is 3.35. The van der Waals surface area contributed by atoms with Gasteiger partial charge in [-0.1, -0.05) is 0 Å². The highest BCUT2D eigenvalue weighted by Gasteiger charge is 2.34. The van der Waals surface area contributed by atoms with Crippen molar-refractivity contribution >= 4 is 5.91 Å². The van der Waals surface area contributed by atoms with Gasteiger partial charge in [-0.3, -0.25) is 4.79 Å². The number of nitrogens with zero attached hydrogens (tertiary/aromatic N) is 6. The Labute approximate surface area is 144 Å². The minimum atomic E-state index is -0.150. The van der Waals surface area contributed by atoms with Crippen LogP contribution in [-0.2, 0) is 0 Å². The van der Waals surface area contributed by atoms with Gasteiger partial charge in [0.2, 0.25) is 11.8 Å². The van der Waals surface area contributed by atoms with Gasteiger partial charge >= 0.3 is 0 Å². The summed E-state index contributed by atoms with van der Waals surface area (Å²) in [7, 11) is 0. The summed E-state index contributed by atoms with van der Waals surface area (Å²) in [6, 6.07) is 5.49. The average molecular weight is 338 g/mol. The molecule has 8 heteroatoms. The summed E-state index contributed by atoms with van der Waals surface area (Å²) in [6.07, 6.45) is 4.87. The summed E-state index contributed by atoms with van der Waals surface area (Å²) in [5.41, 5.74) is 2.44. The molecule has 0 aliphatic carbocycles. The fourth-order valence-corrected chi connectivity index (χ4v) is 3.24. The molecule has 1 aromatic carbocycles. The van der Waals surface area contributed by atoms with Gasteiger partial charge in [0, 0.05) is 19.0 Å². The topological polar surface area (TPSA) is 89.9 Å². The fourth-order valence-electron chi connectivity index (χ4n) is 3.24. The molecule has 0 bridgehead atoms. The molecular formula is C17H18N6O2. The van der Waals surface area contributed by atoms with Crippen molar-refractivity contribution in [1.29, 1.82) is 0 Å². The third-order valence-electron chi connectivity index (χ3n) is 4.46. The molecule has 8 nitrogen and oxygen atoms in total. The number of carbonyl (C=O) groups excluding carboxylic acids is 1. The van der Waals surface area contributed by atoms with Crippen LogP contribution in [0, 0.1) is 13.8 Å². The Morgan fingerprint density at radius 3 is 2.84 bits per heavy atom. The van der Waals surface area contributed by atoms with Crippen molar-refractivity contribution in [2.24, 2.45) is 0 Å². The van der Waals surface area contributed by atoms with Gasteiger partial charge in [-0.15, -0.1) is 10.2 Å². The lowest BCUT2D eigenvalue weighted by atomic mass is 10.1. The van der Waals surface area contributed by atoms with Crippen LogP contribution in [0.3, 0.4) is 0 Å². The maximum Gasteiger partial charge on any atom is 0.254 e. The van der Waals surface area contributed by atoms with Crippen molar-refractivity contribution in [3.63, 3.8) is 0 Å². The van der Waals surface area contributed by atoms with Crippen LogP contribution in [0.25, 0.3) is 5.69 Å². The predicted octanol–water partition coefficient (Wildman–Crippen LogP) is 2.24. The highest BCUT2D eigenvalue weighted by molar-refractivity contribution is 5.96. The number of carbonyl (C=O) groups is 1. The summed E-state index contributed by atoms with van der Waals surface area (Å²) in [6.45, 7) is 4.37. The second-order valence-electron chi connectivity index (χ2n) is 6.16. The third kappa shape index (κ3) is 2.79. The van der Waals surface area contributed by atoms with Crippen molar-refractivity contribution in [3.8, 4) is 5.69 Å². The lowest BCUT2D eigenvalue weighted by molar-refractivity contribution is 0.0714. The molecule has 3 aromatic rings. The van der Waals surface area contributed by atoms with Crippen molar-refractivity contribution in [2.45, 2.75) is 32.7 Å². The molecule has 1 saturated heterocycles. The van der Waals surface area contributed by atoms with E-state index in [1.165, 1.54) is 6.33 Å². The standard InChI is InChI=1S/C17H18N6O2/c1-11-8-13(23-10-18-9-19-23)5-6-14(11)17(24)22-7-3-4-15(22)16-21-20-12(2)25-16/h5-6,8-10,15H,3-4,7H2,1-2H3/t15-/m1/s1. The van der Waals surface area contributed by atoms with Gasteiger partial charge in [-0.2, -0.15) is 5.10 Å². The summed E-state index contributed by atoms with van der Waals surface area (Å²) in [4.78, 5) is 18.8. The first-order valence-electron chi connectivity index (χ1n) is 8.20. The Kier molecular flexibility index (Phi) is 3.79. The molecule has 1 aliphatic heterocycles. The lowest BCUT2D eigenvalue weighted by Gasteiger charge is -2.23. The Bertz CT molecular complexity index is 902. The number of benzene rings is 1. The monoisotopic (exact) mass is 338 g/mol. The van der Waals surface area contributed by atoms with Gasteiger partial charge < -0.3 is 9.32 Å². The van der Waals surface area contributed by atoms with Crippen LogP contribution in [0.5, 0.6) is 0 Å². The van der Waals surface area contributed by atoms with Gasteiger partial charge in [0.25, 0.3) is 5.91 Å². The number of likely N-dealkylation sites (tertiary alicyclic amines) is 1. The minimum absolute atomic E-state index is 0.0130. The van der Waals surface area contributed by atoms with Crippen LogP contribution in [0.4, 0.5) is 0 Å².